The minimum absolute atomic E-state index is 0.425. The van der Waals surface area contributed by atoms with Gasteiger partial charge >= 0.3 is 0 Å². The first kappa shape index (κ1) is 12.8. The molecular formula is C16H12ClN3. The Morgan fingerprint density at radius 3 is 2.40 bits per heavy atom. The minimum Gasteiger partial charge on any atom is -0.261 e. The van der Waals surface area contributed by atoms with Crippen LogP contribution in [0, 0.1) is 6.92 Å². The molecule has 3 nitrogen and oxygen atoms in total. The topological polar surface area (TPSA) is 38.7 Å². The molecule has 2 aromatic heterocycles. The molecule has 3 aromatic rings. The summed E-state index contributed by atoms with van der Waals surface area (Å²) < 4.78 is 0. The van der Waals surface area contributed by atoms with Gasteiger partial charge in [0.1, 0.15) is 5.15 Å². The lowest BCUT2D eigenvalue weighted by atomic mass is 10.1. The van der Waals surface area contributed by atoms with Crippen molar-refractivity contribution in [3.63, 3.8) is 0 Å². The van der Waals surface area contributed by atoms with Gasteiger partial charge in [0.15, 0.2) is 5.82 Å². The first-order valence-electron chi connectivity index (χ1n) is 6.25. The molecule has 0 amide bonds. The number of rotatable bonds is 2. The van der Waals surface area contributed by atoms with Crippen LogP contribution in [0.4, 0.5) is 0 Å². The van der Waals surface area contributed by atoms with Gasteiger partial charge in [-0.15, -0.1) is 0 Å². The van der Waals surface area contributed by atoms with Gasteiger partial charge < -0.3 is 0 Å². The van der Waals surface area contributed by atoms with E-state index in [1.807, 2.05) is 49.4 Å². The summed E-state index contributed by atoms with van der Waals surface area (Å²) in [5.41, 5.74) is 3.61. The standard InChI is InChI=1S/C16H12ClN3/c1-11-7-8-13(10-18-11)14-9-15(17)20-16(19-14)12-5-3-2-4-6-12/h2-10H,1H3. The maximum absolute atomic E-state index is 6.11. The third-order valence-corrected chi connectivity index (χ3v) is 3.13. The molecule has 20 heavy (non-hydrogen) atoms. The van der Waals surface area contributed by atoms with Crippen LogP contribution in [0.5, 0.6) is 0 Å². The summed E-state index contributed by atoms with van der Waals surface area (Å²) >= 11 is 6.11. The smallest absolute Gasteiger partial charge is 0.161 e. The third kappa shape index (κ3) is 2.68. The Balaban J connectivity index is 2.09. The highest BCUT2D eigenvalue weighted by molar-refractivity contribution is 6.29. The van der Waals surface area contributed by atoms with Crippen LogP contribution in [0.2, 0.25) is 5.15 Å². The Morgan fingerprint density at radius 1 is 0.900 bits per heavy atom. The Bertz CT molecular complexity index is 724. The van der Waals surface area contributed by atoms with Gasteiger partial charge in [0.2, 0.25) is 0 Å². The maximum Gasteiger partial charge on any atom is 0.161 e. The van der Waals surface area contributed by atoms with E-state index in [9.17, 15) is 0 Å². The van der Waals surface area contributed by atoms with Crippen LogP contribution in [0.3, 0.4) is 0 Å². The molecule has 0 bridgehead atoms. The van der Waals surface area contributed by atoms with E-state index < -0.39 is 0 Å². The number of halogens is 1. The Labute approximate surface area is 122 Å². The lowest BCUT2D eigenvalue weighted by Crippen LogP contribution is -1.93. The molecule has 2 heterocycles. The summed E-state index contributed by atoms with van der Waals surface area (Å²) in [6.45, 7) is 1.95. The van der Waals surface area contributed by atoms with Gasteiger partial charge in [-0.25, -0.2) is 9.97 Å². The van der Waals surface area contributed by atoms with E-state index in [2.05, 4.69) is 15.0 Å². The normalized spacial score (nSPS) is 10.5. The molecule has 0 radical (unpaired) electrons. The van der Waals surface area contributed by atoms with Gasteiger partial charge in [0, 0.05) is 29.1 Å². The largest absolute Gasteiger partial charge is 0.261 e. The Kier molecular flexibility index (Phi) is 3.44. The predicted molar refractivity (Wildman–Crippen MR) is 80.4 cm³/mol. The number of benzene rings is 1. The molecule has 0 saturated carbocycles. The number of nitrogens with zero attached hydrogens (tertiary/aromatic N) is 3. The molecule has 3 rings (SSSR count). The molecule has 0 unspecified atom stereocenters. The summed E-state index contributed by atoms with van der Waals surface area (Å²) in [6, 6.07) is 15.5. The predicted octanol–water partition coefficient (Wildman–Crippen LogP) is 4.17. The molecule has 0 aliphatic carbocycles. The van der Waals surface area contributed by atoms with Crippen molar-refractivity contribution >= 4 is 11.6 Å². The van der Waals surface area contributed by atoms with E-state index in [0.717, 1.165) is 22.5 Å². The molecule has 0 spiro atoms. The number of hydrogen-bond acceptors (Lipinski definition) is 3. The first-order valence-corrected chi connectivity index (χ1v) is 6.63. The van der Waals surface area contributed by atoms with Gasteiger partial charge in [-0.05, 0) is 19.1 Å². The average molecular weight is 282 g/mol. The lowest BCUT2D eigenvalue weighted by molar-refractivity contribution is 1.16. The highest BCUT2D eigenvalue weighted by atomic mass is 35.5. The zero-order valence-corrected chi connectivity index (χ0v) is 11.7. The molecule has 0 saturated heterocycles. The Morgan fingerprint density at radius 2 is 1.70 bits per heavy atom. The highest BCUT2D eigenvalue weighted by Crippen LogP contribution is 2.23. The summed E-state index contributed by atoms with van der Waals surface area (Å²) in [7, 11) is 0. The van der Waals surface area contributed by atoms with Gasteiger partial charge in [-0.3, -0.25) is 4.98 Å². The number of aromatic nitrogens is 3. The average Bonchev–Trinajstić information content (AvgIpc) is 2.48. The van der Waals surface area contributed by atoms with Gasteiger partial charge in [0.05, 0.1) is 5.69 Å². The quantitative estimate of drug-likeness (QED) is 0.662. The van der Waals surface area contributed by atoms with Gasteiger partial charge in [0.25, 0.3) is 0 Å². The van der Waals surface area contributed by atoms with Gasteiger partial charge in [-0.1, -0.05) is 41.9 Å². The molecule has 98 valence electrons. The van der Waals surface area contributed by atoms with Crippen LogP contribution in [-0.2, 0) is 0 Å². The van der Waals surface area contributed by atoms with Crippen LogP contribution in [-0.4, -0.2) is 15.0 Å². The molecule has 0 aliphatic heterocycles. The van der Waals surface area contributed by atoms with E-state index in [1.54, 1.807) is 12.3 Å². The van der Waals surface area contributed by atoms with Crippen molar-refractivity contribution in [3.8, 4) is 22.6 Å². The number of pyridine rings is 1. The van der Waals surface area contributed by atoms with Crippen molar-refractivity contribution in [1.29, 1.82) is 0 Å². The van der Waals surface area contributed by atoms with Crippen LogP contribution in [0.15, 0.2) is 54.7 Å². The fourth-order valence-corrected chi connectivity index (χ4v) is 2.08. The van der Waals surface area contributed by atoms with Crippen LogP contribution < -0.4 is 0 Å². The molecule has 1 aromatic carbocycles. The maximum atomic E-state index is 6.11. The second kappa shape index (κ2) is 5.39. The van der Waals surface area contributed by atoms with E-state index in [0.29, 0.717) is 11.0 Å². The molecule has 4 heteroatoms. The van der Waals surface area contributed by atoms with Crippen molar-refractivity contribution < 1.29 is 0 Å². The highest BCUT2D eigenvalue weighted by Gasteiger charge is 2.07. The third-order valence-electron chi connectivity index (χ3n) is 2.93. The fraction of sp³-hybridized carbons (Fsp3) is 0.0625. The summed E-state index contributed by atoms with van der Waals surface area (Å²) in [4.78, 5) is 13.1. The van der Waals surface area contributed by atoms with E-state index in [4.69, 9.17) is 11.6 Å². The minimum atomic E-state index is 0.425. The monoisotopic (exact) mass is 281 g/mol. The zero-order chi connectivity index (χ0) is 13.9. The molecule has 0 aliphatic rings. The fourth-order valence-electron chi connectivity index (χ4n) is 1.90. The van der Waals surface area contributed by atoms with Crippen LogP contribution >= 0.6 is 11.6 Å². The van der Waals surface area contributed by atoms with Crippen LogP contribution in [0.1, 0.15) is 5.69 Å². The van der Waals surface area contributed by atoms with E-state index in [-0.39, 0.29) is 0 Å². The second-order valence-corrected chi connectivity index (χ2v) is 4.84. The molecule has 0 N–H and O–H groups in total. The molecule has 0 fully saturated rings. The van der Waals surface area contributed by atoms with Crippen LogP contribution in [0.25, 0.3) is 22.6 Å². The Hall–Kier alpha value is -2.26. The second-order valence-electron chi connectivity index (χ2n) is 4.45. The van der Waals surface area contributed by atoms with Crippen molar-refractivity contribution in [3.05, 3.63) is 65.6 Å². The number of hydrogen-bond donors (Lipinski definition) is 0. The van der Waals surface area contributed by atoms with Gasteiger partial charge in [-0.2, -0.15) is 0 Å². The van der Waals surface area contributed by atoms with E-state index >= 15 is 0 Å². The lowest BCUT2D eigenvalue weighted by Gasteiger charge is -2.05. The van der Waals surface area contributed by atoms with Crippen molar-refractivity contribution in [1.82, 2.24) is 15.0 Å². The summed E-state index contributed by atoms with van der Waals surface area (Å²) in [5, 5.41) is 0.425. The SMILES string of the molecule is Cc1ccc(-c2cc(Cl)nc(-c3ccccc3)n2)cn1. The first-order chi connectivity index (χ1) is 9.72. The molecule has 0 atom stereocenters. The van der Waals surface area contributed by atoms with E-state index in [1.165, 1.54) is 0 Å². The zero-order valence-electron chi connectivity index (χ0n) is 10.9. The molecular weight excluding hydrogens is 270 g/mol. The van der Waals surface area contributed by atoms with Crippen molar-refractivity contribution in [2.45, 2.75) is 6.92 Å². The summed E-state index contributed by atoms with van der Waals surface area (Å²) in [6.07, 6.45) is 1.79. The van der Waals surface area contributed by atoms with Crippen molar-refractivity contribution in [2.24, 2.45) is 0 Å². The van der Waals surface area contributed by atoms with Crippen molar-refractivity contribution in [2.75, 3.05) is 0 Å². The number of aryl methyl sites for hydroxylation is 1. The summed E-state index contributed by atoms with van der Waals surface area (Å²) in [5.74, 6) is 0.619.